The second-order valence-corrected chi connectivity index (χ2v) is 6.93. The number of nitrogens with one attached hydrogen (secondary N) is 2. The first kappa shape index (κ1) is 20.6. The third kappa shape index (κ3) is 6.18. The van der Waals surface area contributed by atoms with Gasteiger partial charge in [-0.05, 0) is 49.2 Å². The zero-order valence-corrected chi connectivity index (χ0v) is 16.4. The number of rotatable bonds is 7. The van der Waals surface area contributed by atoms with Gasteiger partial charge in [-0.3, -0.25) is 19.4 Å². The van der Waals surface area contributed by atoms with Crippen LogP contribution in [0.3, 0.4) is 0 Å². The molecular weight excluding hydrogens is 396 g/mol. The number of esters is 1. The summed E-state index contributed by atoms with van der Waals surface area (Å²) in [7, 11) is 0. The molecule has 2 amide bonds. The molecule has 0 bridgehead atoms. The minimum Gasteiger partial charge on any atom is -0.454 e. The Morgan fingerprint density at radius 3 is 2.52 bits per heavy atom. The van der Waals surface area contributed by atoms with Gasteiger partial charge in [-0.25, -0.2) is 0 Å². The highest BCUT2D eigenvalue weighted by atomic mass is 35.5. The van der Waals surface area contributed by atoms with E-state index in [0.717, 1.165) is 18.8 Å². The predicted octanol–water partition coefficient (Wildman–Crippen LogP) is 2.25. The Bertz CT molecular complexity index is 882. The van der Waals surface area contributed by atoms with Gasteiger partial charge in [0.2, 0.25) is 0 Å². The van der Waals surface area contributed by atoms with Gasteiger partial charge in [0.05, 0.1) is 0 Å². The lowest BCUT2D eigenvalue weighted by atomic mass is 10.2. The minimum atomic E-state index is -0.736. The minimum absolute atomic E-state index is 0.0837. The smallest absolute Gasteiger partial charge is 0.325 e. The average molecular weight is 417 g/mol. The average Bonchev–Trinajstić information content (AvgIpc) is 3.26. The number of hydrogen-bond donors (Lipinski definition) is 2. The molecular formula is C20H21ClN4O4. The molecule has 29 heavy (non-hydrogen) atoms. The van der Waals surface area contributed by atoms with Gasteiger partial charge in [0.15, 0.2) is 6.61 Å². The van der Waals surface area contributed by atoms with Crippen LogP contribution in [-0.2, 0) is 14.3 Å². The molecule has 1 aliphatic heterocycles. The monoisotopic (exact) mass is 416 g/mol. The number of amides is 2. The topological polar surface area (TPSA) is 101 Å². The Labute approximate surface area is 173 Å². The Kier molecular flexibility index (Phi) is 7.02. The van der Waals surface area contributed by atoms with Crippen molar-refractivity contribution in [3.05, 3.63) is 53.3 Å². The van der Waals surface area contributed by atoms with Crippen molar-refractivity contribution < 1.29 is 19.1 Å². The molecule has 152 valence electrons. The molecule has 1 aliphatic rings. The van der Waals surface area contributed by atoms with Crippen LogP contribution in [0, 0.1) is 0 Å². The second-order valence-electron chi connectivity index (χ2n) is 6.49. The van der Waals surface area contributed by atoms with Crippen LogP contribution in [0.1, 0.15) is 23.3 Å². The van der Waals surface area contributed by atoms with Gasteiger partial charge in [0.25, 0.3) is 11.8 Å². The molecule has 0 unspecified atom stereocenters. The molecule has 2 N–H and O–H groups in total. The first-order valence-corrected chi connectivity index (χ1v) is 9.59. The van der Waals surface area contributed by atoms with E-state index in [9.17, 15) is 14.4 Å². The lowest BCUT2D eigenvalue weighted by Crippen LogP contribution is -2.32. The summed E-state index contributed by atoms with van der Waals surface area (Å²) in [6, 6.07) is 10.4. The Hall–Kier alpha value is -3.13. The highest BCUT2D eigenvalue weighted by molar-refractivity contribution is 6.30. The summed E-state index contributed by atoms with van der Waals surface area (Å²) in [5.74, 6) is -1.76. The van der Waals surface area contributed by atoms with E-state index < -0.39 is 24.4 Å². The van der Waals surface area contributed by atoms with Gasteiger partial charge in [0, 0.05) is 35.7 Å². The number of halogens is 1. The van der Waals surface area contributed by atoms with Gasteiger partial charge in [0.1, 0.15) is 12.2 Å². The first-order valence-electron chi connectivity index (χ1n) is 9.21. The number of carbonyl (C=O) groups is 3. The number of anilines is 2. The van der Waals surface area contributed by atoms with Crippen molar-refractivity contribution in [2.75, 3.05) is 36.5 Å². The molecule has 8 nitrogen and oxygen atoms in total. The van der Waals surface area contributed by atoms with Gasteiger partial charge in [-0.1, -0.05) is 11.6 Å². The second kappa shape index (κ2) is 9.88. The largest absolute Gasteiger partial charge is 0.454 e. The van der Waals surface area contributed by atoms with Gasteiger partial charge in [-0.2, -0.15) is 0 Å². The number of benzene rings is 1. The highest BCUT2D eigenvalue weighted by Gasteiger charge is 2.14. The Morgan fingerprint density at radius 2 is 1.83 bits per heavy atom. The number of hydrogen-bond acceptors (Lipinski definition) is 6. The van der Waals surface area contributed by atoms with Crippen molar-refractivity contribution in [1.82, 2.24) is 10.3 Å². The molecule has 1 saturated heterocycles. The van der Waals surface area contributed by atoms with Crippen molar-refractivity contribution in [3.8, 4) is 0 Å². The van der Waals surface area contributed by atoms with Gasteiger partial charge < -0.3 is 20.3 Å². The van der Waals surface area contributed by atoms with E-state index in [2.05, 4.69) is 20.5 Å². The molecule has 0 atom stereocenters. The molecule has 9 heteroatoms. The summed E-state index contributed by atoms with van der Waals surface area (Å²) in [5, 5.41) is 5.39. The maximum Gasteiger partial charge on any atom is 0.325 e. The van der Waals surface area contributed by atoms with Crippen molar-refractivity contribution >= 4 is 40.8 Å². The number of nitrogens with zero attached hydrogens (tertiary/aromatic N) is 2. The van der Waals surface area contributed by atoms with E-state index in [1.54, 1.807) is 0 Å². The summed E-state index contributed by atoms with van der Waals surface area (Å²) in [6.07, 6.45) is 3.78. The first-order chi connectivity index (χ1) is 14.0. The quantitative estimate of drug-likeness (QED) is 0.671. The third-order valence-corrected chi connectivity index (χ3v) is 4.57. The lowest BCUT2D eigenvalue weighted by Gasteiger charge is -2.17. The van der Waals surface area contributed by atoms with Crippen LogP contribution in [0.5, 0.6) is 0 Å². The molecule has 1 aromatic heterocycles. The Morgan fingerprint density at radius 1 is 1.10 bits per heavy atom. The SMILES string of the molecule is O=C(COC(=O)CNC(=O)c1cc(Cl)ccn1)Nc1ccc(N2CCCC2)cc1. The zero-order valence-electron chi connectivity index (χ0n) is 15.7. The van der Waals surface area contributed by atoms with Crippen molar-refractivity contribution in [2.24, 2.45) is 0 Å². The van der Waals surface area contributed by atoms with E-state index in [-0.39, 0.29) is 12.2 Å². The fourth-order valence-corrected chi connectivity index (χ4v) is 3.06. The number of pyridine rings is 1. The maximum absolute atomic E-state index is 11.9. The van der Waals surface area contributed by atoms with Gasteiger partial charge >= 0.3 is 5.97 Å². The van der Waals surface area contributed by atoms with Crippen LogP contribution in [0.15, 0.2) is 42.6 Å². The van der Waals surface area contributed by atoms with Crippen molar-refractivity contribution in [2.45, 2.75) is 12.8 Å². The standard InChI is InChI=1S/C20H21ClN4O4/c21-14-7-8-22-17(11-14)20(28)23-12-19(27)29-13-18(26)24-15-3-5-16(6-4-15)25-9-1-2-10-25/h3-8,11H,1-2,9-10,12-13H2,(H,23,28)(H,24,26). The fourth-order valence-electron chi connectivity index (χ4n) is 2.90. The van der Waals surface area contributed by atoms with Crippen LogP contribution < -0.4 is 15.5 Å². The van der Waals surface area contributed by atoms with Crippen molar-refractivity contribution in [3.63, 3.8) is 0 Å². The molecule has 1 fully saturated rings. The fraction of sp³-hybridized carbons (Fsp3) is 0.300. The lowest BCUT2D eigenvalue weighted by molar-refractivity contribution is -0.146. The van der Waals surface area contributed by atoms with Crippen LogP contribution in [0.4, 0.5) is 11.4 Å². The molecule has 2 aromatic rings. The van der Waals surface area contributed by atoms with Gasteiger partial charge in [-0.15, -0.1) is 0 Å². The maximum atomic E-state index is 11.9. The van der Waals surface area contributed by atoms with E-state index >= 15 is 0 Å². The third-order valence-electron chi connectivity index (χ3n) is 4.33. The van der Waals surface area contributed by atoms with Crippen LogP contribution in [-0.4, -0.2) is 49.0 Å². The van der Waals surface area contributed by atoms with E-state index in [1.165, 1.54) is 31.2 Å². The molecule has 0 aliphatic carbocycles. The highest BCUT2D eigenvalue weighted by Crippen LogP contribution is 2.21. The summed E-state index contributed by atoms with van der Waals surface area (Å²) in [5.41, 5.74) is 1.83. The van der Waals surface area contributed by atoms with E-state index in [4.69, 9.17) is 16.3 Å². The van der Waals surface area contributed by atoms with Crippen LogP contribution in [0.25, 0.3) is 0 Å². The Balaban J connectivity index is 1.38. The zero-order chi connectivity index (χ0) is 20.6. The summed E-state index contributed by atoms with van der Waals surface area (Å²) < 4.78 is 4.87. The molecule has 0 spiro atoms. The summed E-state index contributed by atoms with van der Waals surface area (Å²) >= 11 is 5.79. The van der Waals surface area contributed by atoms with E-state index in [1.807, 2.05) is 24.3 Å². The number of ether oxygens (including phenoxy) is 1. The molecule has 1 aromatic carbocycles. The predicted molar refractivity (Wildman–Crippen MR) is 109 cm³/mol. The van der Waals surface area contributed by atoms with E-state index in [0.29, 0.717) is 10.7 Å². The van der Waals surface area contributed by atoms with Crippen LogP contribution >= 0.6 is 11.6 Å². The molecule has 0 radical (unpaired) electrons. The molecule has 2 heterocycles. The summed E-state index contributed by atoms with van der Waals surface area (Å²) in [6.45, 7) is 1.26. The molecule has 0 saturated carbocycles. The van der Waals surface area contributed by atoms with Crippen LogP contribution in [0.2, 0.25) is 5.02 Å². The number of aromatic nitrogens is 1. The normalized spacial score (nSPS) is 13.1. The molecule has 3 rings (SSSR count). The summed E-state index contributed by atoms with van der Waals surface area (Å²) in [4.78, 5) is 41.7. The van der Waals surface area contributed by atoms with Crippen molar-refractivity contribution in [1.29, 1.82) is 0 Å². The number of carbonyl (C=O) groups excluding carboxylic acids is 3.